The molecule has 0 aliphatic carbocycles. The Labute approximate surface area is 121 Å². The van der Waals surface area contributed by atoms with Gasteiger partial charge in [0.2, 0.25) is 5.91 Å². The van der Waals surface area contributed by atoms with E-state index in [2.05, 4.69) is 6.92 Å². The molecule has 0 rings (SSSR count). The number of ether oxygens (including phenoxy) is 2. The van der Waals surface area contributed by atoms with Crippen molar-refractivity contribution in [3.05, 3.63) is 0 Å². The number of nitrogens with two attached hydrogens (primary N) is 1. The highest BCUT2D eigenvalue weighted by molar-refractivity contribution is 7.80. The van der Waals surface area contributed by atoms with Gasteiger partial charge < -0.3 is 20.1 Å². The predicted molar refractivity (Wildman–Crippen MR) is 80.2 cm³/mol. The van der Waals surface area contributed by atoms with Gasteiger partial charge in [0.1, 0.15) is 6.61 Å². The van der Waals surface area contributed by atoms with Crippen LogP contribution in [0.15, 0.2) is 0 Å². The Morgan fingerprint density at radius 2 is 1.95 bits per heavy atom. The van der Waals surface area contributed by atoms with E-state index in [0.29, 0.717) is 31.1 Å². The summed E-state index contributed by atoms with van der Waals surface area (Å²) in [6.45, 7) is 4.88. The molecule has 0 aromatic heterocycles. The lowest BCUT2D eigenvalue weighted by Gasteiger charge is -2.22. The number of methoxy groups -OCH3 is 1. The van der Waals surface area contributed by atoms with E-state index < -0.39 is 0 Å². The zero-order valence-corrected chi connectivity index (χ0v) is 12.8. The highest BCUT2D eigenvalue weighted by Crippen LogP contribution is 1.98. The topological polar surface area (TPSA) is 64.8 Å². The molecule has 0 saturated carbocycles. The van der Waals surface area contributed by atoms with Crippen molar-refractivity contribution in [2.24, 2.45) is 5.73 Å². The van der Waals surface area contributed by atoms with Gasteiger partial charge in [-0.25, -0.2) is 0 Å². The lowest BCUT2D eigenvalue weighted by atomic mass is 10.3. The summed E-state index contributed by atoms with van der Waals surface area (Å²) in [6, 6.07) is 0. The largest absolute Gasteiger partial charge is 0.393 e. The predicted octanol–water partition coefficient (Wildman–Crippen LogP) is 1.34. The Balaban J connectivity index is 3.90. The average Bonchev–Trinajstić information content (AvgIpc) is 2.37. The molecule has 0 heterocycles. The van der Waals surface area contributed by atoms with Crippen molar-refractivity contribution in [1.82, 2.24) is 4.90 Å². The number of unbranched alkanes of at least 4 members (excludes halogenated alkanes) is 1. The van der Waals surface area contributed by atoms with Crippen LogP contribution in [0, 0.1) is 0 Å². The average molecular weight is 290 g/mol. The number of hydrogen-bond donors (Lipinski definition) is 1. The van der Waals surface area contributed by atoms with Gasteiger partial charge in [-0.3, -0.25) is 4.79 Å². The maximum absolute atomic E-state index is 11.8. The minimum Gasteiger partial charge on any atom is -0.393 e. The van der Waals surface area contributed by atoms with Crippen LogP contribution >= 0.6 is 12.2 Å². The second-order valence-electron chi connectivity index (χ2n) is 4.35. The smallest absolute Gasteiger partial charge is 0.248 e. The van der Waals surface area contributed by atoms with Crippen LogP contribution < -0.4 is 5.73 Å². The van der Waals surface area contributed by atoms with Crippen LogP contribution in [-0.4, -0.2) is 55.8 Å². The Hall–Kier alpha value is -0.720. The first kappa shape index (κ1) is 18.3. The van der Waals surface area contributed by atoms with Gasteiger partial charge in [-0.1, -0.05) is 25.6 Å². The summed E-state index contributed by atoms with van der Waals surface area (Å²) in [5, 5.41) is 0. The van der Waals surface area contributed by atoms with Gasteiger partial charge >= 0.3 is 0 Å². The second kappa shape index (κ2) is 12.3. The molecule has 0 saturated heterocycles. The normalized spacial score (nSPS) is 10.4. The first-order valence-corrected chi connectivity index (χ1v) is 7.15. The van der Waals surface area contributed by atoms with Crippen LogP contribution in [0.3, 0.4) is 0 Å². The number of carbonyl (C=O) groups excluding carboxylic acids is 1. The zero-order valence-electron chi connectivity index (χ0n) is 12.0. The third-order valence-electron chi connectivity index (χ3n) is 2.61. The molecule has 112 valence electrons. The van der Waals surface area contributed by atoms with Crippen LogP contribution in [0.4, 0.5) is 0 Å². The number of amides is 1. The van der Waals surface area contributed by atoms with E-state index >= 15 is 0 Å². The van der Waals surface area contributed by atoms with Crippen molar-refractivity contribution < 1.29 is 14.3 Å². The molecule has 0 atom stereocenters. The molecule has 5 nitrogen and oxygen atoms in total. The SMILES string of the molecule is CCCCOCCCN(CCC(N)=S)C(=O)COC. The minimum atomic E-state index is -0.0349. The van der Waals surface area contributed by atoms with Gasteiger partial charge in [0.25, 0.3) is 0 Å². The van der Waals surface area contributed by atoms with Crippen molar-refractivity contribution in [3.63, 3.8) is 0 Å². The first-order chi connectivity index (χ1) is 9.11. The number of hydrogen-bond acceptors (Lipinski definition) is 4. The summed E-state index contributed by atoms with van der Waals surface area (Å²) in [7, 11) is 1.51. The molecule has 0 aliphatic heterocycles. The molecule has 0 aliphatic rings. The summed E-state index contributed by atoms with van der Waals surface area (Å²) in [5.41, 5.74) is 5.46. The number of carbonyl (C=O) groups is 1. The van der Waals surface area contributed by atoms with Crippen molar-refractivity contribution in [2.75, 3.05) is 40.0 Å². The van der Waals surface area contributed by atoms with Crippen LogP contribution in [0.25, 0.3) is 0 Å². The fourth-order valence-corrected chi connectivity index (χ4v) is 1.62. The van der Waals surface area contributed by atoms with E-state index in [4.69, 9.17) is 27.4 Å². The highest BCUT2D eigenvalue weighted by Gasteiger charge is 2.12. The summed E-state index contributed by atoms with van der Waals surface area (Å²) >= 11 is 4.83. The lowest BCUT2D eigenvalue weighted by Crippen LogP contribution is -2.37. The standard InChI is InChI=1S/C13H26N2O3S/c1-3-4-9-18-10-5-7-15(8-6-12(14)19)13(16)11-17-2/h3-11H2,1-2H3,(H2,14,19). The van der Waals surface area contributed by atoms with Crippen molar-refractivity contribution in [1.29, 1.82) is 0 Å². The minimum absolute atomic E-state index is 0.0349. The second-order valence-corrected chi connectivity index (χ2v) is 4.87. The fourth-order valence-electron chi connectivity index (χ4n) is 1.53. The van der Waals surface area contributed by atoms with Crippen LogP contribution in [-0.2, 0) is 14.3 Å². The van der Waals surface area contributed by atoms with Crippen molar-refractivity contribution in [3.8, 4) is 0 Å². The van der Waals surface area contributed by atoms with Crippen molar-refractivity contribution in [2.45, 2.75) is 32.6 Å². The zero-order chi connectivity index (χ0) is 14.5. The quantitative estimate of drug-likeness (QED) is 0.434. The van der Waals surface area contributed by atoms with E-state index in [9.17, 15) is 4.79 Å². The monoisotopic (exact) mass is 290 g/mol. The van der Waals surface area contributed by atoms with Crippen LogP contribution in [0.5, 0.6) is 0 Å². The van der Waals surface area contributed by atoms with Gasteiger partial charge in [-0.15, -0.1) is 0 Å². The molecule has 0 spiro atoms. The van der Waals surface area contributed by atoms with Gasteiger partial charge in [-0.2, -0.15) is 0 Å². The maximum Gasteiger partial charge on any atom is 0.248 e. The fraction of sp³-hybridized carbons (Fsp3) is 0.846. The molecule has 0 fully saturated rings. The Bertz CT molecular complexity index is 262. The molecule has 0 aromatic carbocycles. The summed E-state index contributed by atoms with van der Waals surface area (Å²) < 4.78 is 10.3. The lowest BCUT2D eigenvalue weighted by molar-refractivity contribution is -0.135. The van der Waals surface area contributed by atoms with Gasteiger partial charge in [0.15, 0.2) is 0 Å². The van der Waals surface area contributed by atoms with Crippen LogP contribution in [0.1, 0.15) is 32.6 Å². The molecule has 0 aromatic rings. The van der Waals surface area contributed by atoms with E-state index in [-0.39, 0.29) is 12.5 Å². The molecule has 2 N–H and O–H groups in total. The van der Waals surface area contributed by atoms with Crippen molar-refractivity contribution >= 4 is 23.1 Å². The number of nitrogens with zero attached hydrogens (tertiary/aromatic N) is 1. The molecule has 6 heteroatoms. The highest BCUT2D eigenvalue weighted by atomic mass is 32.1. The molecule has 19 heavy (non-hydrogen) atoms. The Morgan fingerprint density at radius 3 is 2.53 bits per heavy atom. The molecular weight excluding hydrogens is 264 g/mol. The summed E-state index contributed by atoms with van der Waals surface area (Å²) in [5.74, 6) is -0.0349. The van der Waals surface area contributed by atoms with Gasteiger partial charge in [0.05, 0.1) is 4.99 Å². The van der Waals surface area contributed by atoms with E-state index in [1.165, 1.54) is 7.11 Å². The van der Waals surface area contributed by atoms with Gasteiger partial charge in [-0.05, 0) is 12.8 Å². The molecule has 0 radical (unpaired) electrons. The molecule has 1 amide bonds. The van der Waals surface area contributed by atoms with Crippen LogP contribution in [0.2, 0.25) is 0 Å². The van der Waals surface area contributed by atoms with E-state index in [1.807, 2.05) is 0 Å². The molecule has 0 unspecified atom stereocenters. The van der Waals surface area contributed by atoms with E-state index in [0.717, 1.165) is 25.9 Å². The summed E-state index contributed by atoms with van der Waals surface area (Å²) in [4.78, 5) is 14.0. The first-order valence-electron chi connectivity index (χ1n) is 6.74. The molecular formula is C13H26N2O3S. The third kappa shape index (κ3) is 10.9. The number of thiocarbonyl (C=S) groups is 1. The molecule has 0 bridgehead atoms. The Morgan fingerprint density at radius 1 is 1.26 bits per heavy atom. The Kier molecular flexibility index (Phi) is 11.9. The van der Waals surface area contributed by atoms with E-state index in [1.54, 1.807) is 4.90 Å². The number of rotatable bonds is 12. The third-order valence-corrected chi connectivity index (χ3v) is 2.81. The maximum atomic E-state index is 11.8. The summed E-state index contributed by atoms with van der Waals surface area (Å²) in [6.07, 6.45) is 3.57. The van der Waals surface area contributed by atoms with Gasteiger partial charge in [0, 0.05) is 39.8 Å².